The minimum Gasteiger partial charge on any atom is -0.0795 e. The van der Waals surface area contributed by atoms with Crippen LogP contribution in [0.25, 0.3) is 71.1 Å². The Bertz CT molecular complexity index is 4550. The second kappa shape index (κ2) is 43.7. The summed E-state index contributed by atoms with van der Waals surface area (Å²) in [5, 5.41) is 13.2. The first-order valence-electron chi connectivity index (χ1n) is 50.6. The third-order valence-corrected chi connectivity index (χ3v) is 33.8. The van der Waals surface area contributed by atoms with Crippen molar-refractivity contribution in [2.75, 3.05) is 0 Å². The highest BCUT2D eigenvalue weighted by Gasteiger charge is 2.45. The van der Waals surface area contributed by atoms with Gasteiger partial charge in [0.25, 0.3) is 0 Å². The lowest BCUT2D eigenvalue weighted by Crippen LogP contribution is -2.38. The highest BCUT2D eigenvalue weighted by Crippen LogP contribution is 2.56. The summed E-state index contributed by atoms with van der Waals surface area (Å²) in [7, 11) is 0. The molecule has 0 bridgehead atoms. The van der Waals surface area contributed by atoms with Gasteiger partial charge in [-0.05, 0) is 265 Å². The van der Waals surface area contributed by atoms with Crippen molar-refractivity contribution in [3.8, 4) is 11.1 Å². The molecule has 630 valence electrons. The molecule has 11 aromatic carbocycles. The Hall–Kier alpha value is -7.54. The topological polar surface area (TPSA) is 0 Å². The van der Waals surface area contributed by atoms with Crippen LogP contribution in [0.2, 0.25) is 0 Å². The molecule has 0 saturated heterocycles. The van der Waals surface area contributed by atoms with Crippen LogP contribution in [0.5, 0.6) is 0 Å². The number of allylic oxidation sites excluding steroid dienone is 1. The molecule has 13 fully saturated rings. The smallest absolute Gasteiger partial charge is 0.00135 e. The van der Waals surface area contributed by atoms with Crippen LogP contribution in [-0.2, 0) is 12.8 Å². The number of rotatable bonds is 0. The van der Waals surface area contributed by atoms with Gasteiger partial charge in [0.1, 0.15) is 0 Å². The average Bonchev–Trinajstić information content (AvgIpc) is 1.60. The molecular weight excluding hydrogens is 1440 g/mol. The van der Waals surface area contributed by atoms with Gasteiger partial charge in [0.15, 0.2) is 0 Å². The van der Waals surface area contributed by atoms with Gasteiger partial charge in [0, 0.05) is 0 Å². The highest BCUT2D eigenvalue weighted by molar-refractivity contribution is 6.07. The molecule has 0 radical (unpaired) electrons. The zero-order chi connectivity index (χ0) is 80.7. The maximum absolute atomic E-state index is 2.24. The van der Waals surface area contributed by atoms with E-state index in [1.807, 2.05) is 0 Å². The van der Waals surface area contributed by atoms with Gasteiger partial charge in [-0.1, -0.05) is 467 Å². The third-order valence-electron chi connectivity index (χ3n) is 33.8. The van der Waals surface area contributed by atoms with E-state index in [-0.39, 0.29) is 0 Å². The summed E-state index contributed by atoms with van der Waals surface area (Å²) in [5.41, 5.74) is 8.60. The van der Waals surface area contributed by atoms with Crippen LogP contribution in [-0.4, -0.2) is 0 Å². The number of hydrogen-bond acceptors (Lipinski definition) is 0. The summed E-state index contributed by atoms with van der Waals surface area (Å²) in [6, 6.07) is 85.3. The molecular formula is C120H150. The van der Waals surface area contributed by atoms with E-state index in [1.165, 1.54) is 180 Å². The van der Waals surface area contributed by atoms with E-state index in [0.29, 0.717) is 0 Å². The molecule has 0 N–H and O–H groups in total. The van der Waals surface area contributed by atoms with E-state index in [9.17, 15) is 0 Å². The minimum atomic E-state index is 1.10. The van der Waals surface area contributed by atoms with E-state index >= 15 is 0 Å². The molecule has 120 heavy (non-hydrogen) atoms. The van der Waals surface area contributed by atoms with E-state index in [4.69, 9.17) is 0 Å². The van der Waals surface area contributed by atoms with Gasteiger partial charge >= 0.3 is 0 Å². The predicted octanol–water partition coefficient (Wildman–Crippen LogP) is 35.5. The van der Waals surface area contributed by atoms with Crippen LogP contribution in [0, 0.1) is 94.7 Å². The lowest BCUT2D eigenvalue weighted by Gasteiger charge is -2.48. The van der Waals surface area contributed by atoms with Crippen LogP contribution in [0.4, 0.5) is 0 Å². The van der Waals surface area contributed by atoms with E-state index in [1.54, 1.807) is 238 Å². The summed E-state index contributed by atoms with van der Waals surface area (Å²) in [5.74, 6) is 18.6. The molecule has 0 heterocycles. The van der Waals surface area contributed by atoms with Crippen molar-refractivity contribution in [3.63, 3.8) is 0 Å². The van der Waals surface area contributed by atoms with Gasteiger partial charge in [0.05, 0.1) is 0 Å². The Morgan fingerprint density at radius 2 is 0.433 bits per heavy atom. The maximum Gasteiger partial charge on any atom is -0.00135 e. The Morgan fingerprint density at radius 1 is 0.175 bits per heavy atom. The molecule has 14 atom stereocenters. The fourth-order valence-corrected chi connectivity index (χ4v) is 27.7. The van der Waals surface area contributed by atoms with Crippen molar-refractivity contribution in [2.24, 2.45) is 94.7 Å². The van der Waals surface area contributed by atoms with Crippen molar-refractivity contribution >= 4 is 59.9 Å². The summed E-state index contributed by atoms with van der Waals surface area (Å²) < 4.78 is 0. The number of hydrogen-bond donors (Lipinski definition) is 0. The first-order valence-corrected chi connectivity index (χ1v) is 50.6. The van der Waals surface area contributed by atoms with Crippen molar-refractivity contribution in [2.45, 2.75) is 295 Å². The Labute approximate surface area is 727 Å². The lowest BCUT2D eigenvalue weighted by atomic mass is 9.58. The van der Waals surface area contributed by atoms with Crippen molar-refractivity contribution < 1.29 is 0 Å². The average molecular weight is 1590 g/mol. The highest BCUT2D eigenvalue weighted by atomic mass is 14.5. The Kier molecular flexibility index (Phi) is 30.8. The summed E-state index contributed by atoms with van der Waals surface area (Å²) in [4.78, 5) is 0. The van der Waals surface area contributed by atoms with Crippen molar-refractivity contribution in [3.05, 3.63) is 271 Å². The molecule has 11 aromatic rings. The van der Waals surface area contributed by atoms with E-state index in [0.717, 1.165) is 60.2 Å². The van der Waals surface area contributed by atoms with Crippen LogP contribution in [0.15, 0.2) is 249 Å². The van der Waals surface area contributed by atoms with Crippen LogP contribution >= 0.6 is 0 Å². The summed E-state index contributed by atoms with van der Waals surface area (Å²) in [6.07, 6.45) is 75.3. The molecule has 15 aliphatic rings. The molecule has 0 nitrogen and oxygen atoms in total. The van der Waals surface area contributed by atoms with Crippen LogP contribution in [0.3, 0.4) is 0 Å². The fourth-order valence-electron chi connectivity index (χ4n) is 27.7. The van der Waals surface area contributed by atoms with Gasteiger partial charge in [0.2, 0.25) is 0 Å². The van der Waals surface area contributed by atoms with Crippen molar-refractivity contribution in [1.82, 2.24) is 0 Å². The Balaban J connectivity index is 0.0000000955. The summed E-state index contributed by atoms with van der Waals surface area (Å²) >= 11 is 0. The largest absolute Gasteiger partial charge is 0.0795 e. The van der Waals surface area contributed by atoms with E-state index < -0.39 is 0 Å². The number of benzene rings is 11. The number of fused-ring (bicyclic) bond motifs is 20. The lowest BCUT2D eigenvalue weighted by molar-refractivity contribution is 0.0278. The fraction of sp³-hybridized carbons (Fsp3) is 0.517. The van der Waals surface area contributed by atoms with Crippen LogP contribution in [0.1, 0.15) is 305 Å². The van der Waals surface area contributed by atoms with Crippen molar-refractivity contribution in [1.29, 1.82) is 0 Å². The molecule has 15 aliphatic carbocycles. The molecule has 0 aliphatic heterocycles. The molecule has 0 amide bonds. The van der Waals surface area contributed by atoms with Gasteiger partial charge in [-0.25, -0.2) is 0 Å². The van der Waals surface area contributed by atoms with E-state index in [2.05, 4.69) is 255 Å². The van der Waals surface area contributed by atoms with Gasteiger partial charge in [-0.3, -0.25) is 0 Å². The normalized spacial score (nSPS) is 28.9. The van der Waals surface area contributed by atoms with Gasteiger partial charge in [-0.15, -0.1) is 0 Å². The standard InChI is InChI=1S/C14H24.C14H10.C14H24.C14H10.C13H22.C13H10.C10H18.C10H8.C9H16.C9H8/c2*1-3-7-13-11(5-1)9-10-12-6-2-4-8-14(12)13;2*1-2-6-12-10-14-8-4-3-7-13(14)9-11(12)5-1;2*1-3-7-12-10(5-1)9-11-6-2-4-8-13(11)12;2*1-2-6-10-8-4-3-7-9(10)5-1;2*1-2-5-9-7-3-6-8(9)4-1/h11-14H,1-10H2;1-10H;11-14H,1-10H2;1-10H;10-13H,1-9H2;1-8H,9H2;9-10H,1-8H2;1-8H;8-9H,1-7H2;1-6H,7H2. The molecule has 13 saturated carbocycles. The quantitative estimate of drug-likeness (QED) is 0.105. The summed E-state index contributed by atoms with van der Waals surface area (Å²) in [6.45, 7) is 0. The first kappa shape index (κ1) is 84.7. The maximum atomic E-state index is 2.24. The molecule has 0 aromatic heterocycles. The zero-order valence-corrected chi connectivity index (χ0v) is 74.0. The minimum absolute atomic E-state index is 1.10. The molecule has 0 heteroatoms. The van der Waals surface area contributed by atoms with Crippen LogP contribution < -0.4 is 0 Å². The molecule has 0 spiro atoms. The molecule has 14 unspecified atom stereocenters. The monoisotopic (exact) mass is 1590 g/mol. The second-order valence-electron chi connectivity index (χ2n) is 40.7. The Morgan fingerprint density at radius 3 is 0.800 bits per heavy atom. The third kappa shape index (κ3) is 22.1. The predicted molar refractivity (Wildman–Crippen MR) is 520 cm³/mol. The second-order valence-corrected chi connectivity index (χ2v) is 40.7. The molecule has 26 rings (SSSR count). The SMILES string of the molecule is C1=Cc2ccccc2C1.C1CCC2C(C1)CC1CCCCC12.C1CCC2C(C1)CCC1CCCCC12.C1CCC2CC3CCCCC3CC2C1.C1CCC2CCCC2C1.C1CCC2CCCCC2C1.c1ccc2c(c1)Cc1ccccc1-2.c1ccc2c(c1)ccc1ccccc12.c1ccc2cc3ccccc3cc2c1.c1ccc2ccccc2c1. The first-order chi connectivity index (χ1) is 59.5. The van der Waals surface area contributed by atoms with Gasteiger partial charge < -0.3 is 0 Å². The zero-order valence-electron chi connectivity index (χ0n) is 74.0. The van der Waals surface area contributed by atoms with Gasteiger partial charge in [-0.2, -0.15) is 0 Å².